The molecule has 0 spiro atoms. The molecule has 0 aliphatic carbocycles. The molecule has 0 aliphatic rings. The third-order valence-corrected chi connectivity index (χ3v) is 4.78. The number of hydrogen-bond donors (Lipinski definition) is 1. The number of para-hydroxylation sites is 1. The molecule has 3 aromatic heterocycles. The van der Waals surface area contributed by atoms with Crippen LogP contribution in [0.25, 0.3) is 17.5 Å². The van der Waals surface area contributed by atoms with E-state index in [1.54, 1.807) is 29.8 Å². The van der Waals surface area contributed by atoms with Crippen molar-refractivity contribution in [3.05, 3.63) is 88.7 Å². The van der Waals surface area contributed by atoms with Crippen molar-refractivity contribution in [2.24, 2.45) is 0 Å². The molecule has 3 heterocycles. The molecule has 0 bridgehead atoms. The van der Waals surface area contributed by atoms with Crippen molar-refractivity contribution in [2.75, 3.05) is 5.32 Å². The molecule has 7 heteroatoms. The lowest BCUT2D eigenvalue weighted by atomic mass is 10.1. The number of carbonyl (C=O) groups is 1. The van der Waals surface area contributed by atoms with Crippen molar-refractivity contribution in [2.45, 2.75) is 6.42 Å². The minimum atomic E-state index is -0.192. The number of nitrogens with one attached hydrogen (secondary N) is 1. The van der Waals surface area contributed by atoms with Gasteiger partial charge < -0.3 is 9.84 Å². The van der Waals surface area contributed by atoms with Gasteiger partial charge in [0, 0.05) is 34.6 Å². The maximum Gasteiger partial charge on any atom is 0.248 e. The Bertz CT molecular complexity index is 1090. The normalized spacial score (nSPS) is 11.0. The molecule has 0 atom stereocenters. The van der Waals surface area contributed by atoms with Crippen LogP contribution in [0.3, 0.4) is 0 Å². The summed E-state index contributed by atoms with van der Waals surface area (Å²) in [6.07, 6.45) is 7.11. The predicted molar refractivity (Wildman–Crippen MR) is 109 cm³/mol. The maximum absolute atomic E-state index is 12.2. The monoisotopic (exact) mass is 388 g/mol. The topological polar surface area (TPSA) is 80.9 Å². The summed E-state index contributed by atoms with van der Waals surface area (Å²) >= 11 is 1.58. The van der Waals surface area contributed by atoms with E-state index in [-0.39, 0.29) is 5.91 Å². The predicted octanol–water partition coefficient (Wildman–Crippen LogP) is 4.44. The van der Waals surface area contributed by atoms with E-state index in [9.17, 15) is 4.79 Å². The molecule has 0 saturated heterocycles. The molecule has 0 radical (unpaired) electrons. The number of amides is 1. The summed E-state index contributed by atoms with van der Waals surface area (Å²) in [6.45, 7) is 0. The maximum atomic E-state index is 12.2. The summed E-state index contributed by atoms with van der Waals surface area (Å²) < 4.78 is 5.37. The number of nitrogens with zero attached hydrogens (tertiary/aromatic N) is 3. The summed E-state index contributed by atoms with van der Waals surface area (Å²) in [5.41, 5.74) is 2.39. The van der Waals surface area contributed by atoms with Crippen LogP contribution in [0.1, 0.15) is 16.3 Å². The smallest absolute Gasteiger partial charge is 0.248 e. The Morgan fingerprint density at radius 3 is 2.89 bits per heavy atom. The van der Waals surface area contributed by atoms with Gasteiger partial charge in [0.25, 0.3) is 0 Å². The summed E-state index contributed by atoms with van der Waals surface area (Å²) in [6, 6.07) is 15.1. The van der Waals surface area contributed by atoms with Gasteiger partial charge in [0.1, 0.15) is 0 Å². The second-order valence-electron chi connectivity index (χ2n) is 5.93. The van der Waals surface area contributed by atoms with Crippen molar-refractivity contribution in [1.29, 1.82) is 0 Å². The van der Waals surface area contributed by atoms with Gasteiger partial charge in [0.05, 0.1) is 6.42 Å². The zero-order chi connectivity index (χ0) is 19.2. The van der Waals surface area contributed by atoms with E-state index < -0.39 is 0 Å². The van der Waals surface area contributed by atoms with E-state index in [1.807, 2.05) is 53.9 Å². The number of thiophene rings is 1. The van der Waals surface area contributed by atoms with Crippen LogP contribution in [-0.2, 0) is 11.2 Å². The molecule has 0 fully saturated rings. The van der Waals surface area contributed by atoms with Gasteiger partial charge in [-0.2, -0.15) is 4.98 Å². The van der Waals surface area contributed by atoms with E-state index in [0.717, 1.165) is 16.0 Å². The van der Waals surface area contributed by atoms with E-state index >= 15 is 0 Å². The molecule has 1 amide bonds. The molecule has 4 rings (SSSR count). The first kappa shape index (κ1) is 17.8. The van der Waals surface area contributed by atoms with Gasteiger partial charge in [-0.3, -0.25) is 9.78 Å². The molecular weight excluding hydrogens is 372 g/mol. The van der Waals surface area contributed by atoms with Crippen molar-refractivity contribution >= 4 is 29.0 Å². The molecule has 6 nitrogen and oxygen atoms in total. The zero-order valence-corrected chi connectivity index (χ0v) is 15.6. The molecule has 0 unspecified atom stereocenters. The van der Waals surface area contributed by atoms with Crippen molar-refractivity contribution in [1.82, 2.24) is 15.1 Å². The Morgan fingerprint density at radius 1 is 1.14 bits per heavy atom. The van der Waals surface area contributed by atoms with E-state index in [0.29, 0.717) is 23.8 Å². The first-order valence-corrected chi connectivity index (χ1v) is 9.49. The summed E-state index contributed by atoms with van der Waals surface area (Å²) in [7, 11) is 0. The van der Waals surface area contributed by atoms with Gasteiger partial charge >= 0.3 is 0 Å². The minimum Gasteiger partial charge on any atom is -0.339 e. The highest BCUT2D eigenvalue weighted by molar-refractivity contribution is 7.10. The molecule has 28 heavy (non-hydrogen) atoms. The van der Waals surface area contributed by atoms with Gasteiger partial charge in [-0.1, -0.05) is 29.4 Å². The number of benzene rings is 1. The second kappa shape index (κ2) is 8.41. The average Bonchev–Trinajstić information content (AvgIpc) is 3.41. The van der Waals surface area contributed by atoms with Crippen LogP contribution in [0, 0.1) is 0 Å². The highest BCUT2D eigenvalue weighted by Crippen LogP contribution is 2.21. The van der Waals surface area contributed by atoms with Crippen LogP contribution >= 0.6 is 11.3 Å². The van der Waals surface area contributed by atoms with Gasteiger partial charge in [0.15, 0.2) is 0 Å². The van der Waals surface area contributed by atoms with Crippen LogP contribution < -0.4 is 5.32 Å². The lowest BCUT2D eigenvalue weighted by Crippen LogP contribution is -2.10. The Balaban J connectivity index is 1.47. The average molecular weight is 388 g/mol. The highest BCUT2D eigenvalue weighted by atomic mass is 32.1. The molecule has 138 valence electrons. The van der Waals surface area contributed by atoms with Gasteiger partial charge in [-0.05, 0) is 41.3 Å². The van der Waals surface area contributed by atoms with Gasteiger partial charge in [-0.15, -0.1) is 11.3 Å². The zero-order valence-electron chi connectivity index (χ0n) is 14.8. The quantitative estimate of drug-likeness (QED) is 0.494. The van der Waals surface area contributed by atoms with Crippen LogP contribution in [0.5, 0.6) is 0 Å². The van der Waals surface area contributed by atoms with Crippen molar-refractivity contribution < 1.29 is 9.32 Å². The highest BCUT2D eigenvalue weighted by Gasteiger charge is 2.12. The molecule has 4 aromatic rings. The third kappa shape index (κ3) is 4.39. The number of aromatic nitrogens is 3. The lowest BCUT2D eigenvalue weighted by Gasteiger charge is -2.07. The Labute approximate surface area is 165 Å². The Hall–Kier alpha value is -3.58. The second-order valence-corrected chi connectivity index (χ2v) is 6.90. The number of rotatable bonds is 6. The fourth-order valence-corrected chi connectivity index (χ4v) is 3.23. The molecule has 0 aliphatic heterocycles. The summed E-state index contributed by atoms with van der Waals surface area (Å²) in [5.74, 6) is 0.764. The number of pyridine rings is 1. The fraction of sp³-hybridized carbons (Fsp3) is 0.0476. The van der Waals surface area contributed by atoms with Crippen LogP contribution in [0.2, 0.25) is 0 Å². The van der Waals surface area contributed by atoms with Crippen molar-refractivity contribution in [3.63, 3.8) is 0 Å². The summed E-state index contributed by atoms with van der Waals surface area (Å²) in [5, 5.41) is 8.89. The van der Waals surface area contributed by atoms with Crippen molar-refractivity contribution in [3.8, 4) is 11.4 Å². The van der Waals surface area contributed by atoms with E-state index in [1.165, 1.54) is 6.08 Å². The van der Waals surface area contributed by atoms with Gasteiger partial charge in [0.2, 0.25) is 17.6 Å². The third-order valence-electron chi connectivity index (χ3n) is 3.95. The lowest BCUT2D eigenvalue weighted by molar-refractivity contribution is -0.111. The Kier molecular flexibility index (Phi) is 5.35. The van der Waals surface area contributed by atoms with E-state index in [4.69, 9.17) is 4.52 Å². The number of carbonyl (C=O) groups excluding carboxylic acids is 1. The van der Waals surface area contributed by atoms with Crippen LogP contribution in [0.15, 0.2) is 76.9 Å². The van der Waals surface area contributed by atoms with Gasteiger partial charge in [-0.25, -0.2) is 0 Å². The first-order valence-electron chi connectivity index (χ1n) is 8.61. The molecule has 1 aromatic carbocycles. The van der Waals surface area contributed by atoms with Crippen LogP contribution in [-0.4, -0.2) is 21.0 Å². The minimum absolute atomic E-state index is 0.192. The van der Waals surface area contributed by atoms with E-state index in [2.05, 4.69) is 20.4 Å². The fourth-order valence-electron chi connectivity index (χ4n) is 2.62. The standard InChI is InChI=1S/C21H16N4O2S/c26-19(10-9-17-7-4-12-28-17)23-18-8-2-1-5-15(18)13-20-24-21(25-27-20)16-6-3-11-22-14-16/h1-12,14H,13H2,(H,23,26)/b10-9+. The number of hydrogen-bond acceptors (Lipinski definition) is 6. The molecular formula is C21H16N4O2S. The largest absolute Gasteiger partial charge is 0.339 e. The summed E-state index contributed by atoms with van der Waals surface area (Å²) in [4.78, 5) is 21.8. The first-order chi connectivity index (χ1) is 13.8. The number of anilines is 1. The Morgan fingerprint density at radius 2 is 2.07 bits per heavy atom. The molecule has 1 N–H and O–H groups in total. The van der Waals surface area contributed by atoms with Crippen LogP contribution in [0.4, 0.5) is 5.69 Å². The SMILES string of the molecule is O=C(/C=C/c1cccs1)Nc1ccccc1Cc1nc(-c2cccnc2)no1. The molecule has 0 saturated carbocycles.